The standard InChI is InChI=1S/C12H17ClO/c1-3-12(14-2)8-7-10-5-4-6-11(13)9-10/h4-6,9,12H,3,7-8H2,1-2H3. The van der Waals surface area contributed by atoms with Crippen LogP contribution in [0.15, 0.2) is 24.3 Å². The minimum absolute atomic E-state index is 0.369. The number of rotatable bonds is 5. The Hall–Kier alpha value is -0.530. The van der Waals surface area contributed by atoms with Crippen LogP contribution in [0.2, 0.25) is 5.02 Å². The predicted molar refractivity (Wildman–Crippen MR) is 60.9 cm³/mol. The van der Waals surface area contributed by atoms with Crippen LogP contribution < -0.4 is 0 Å². The van der Waals surface area contributed by atoms with E-state index in [9.17, 15) is 0 Å². The van der Waals surface area contributed by atoms with E-state index in [0.717, 1.165) is 24.3 Å². The lowest BCUT2D eigenvalue weighted by atomic mass is 10.1. The molecule has 0 saturated heterocycles. The van der Waals surface area contributed by atoms with Gasteiger partial charge in [0.2, 0.25) is 0 Å². The molecule has 0 bridgehead atoms. The van der Waals surface area contributed by atoms with Crippen LogP contribution in [0, 0.1) is 0 Å². The first-order chi connectivity index (χ1) is 6.76. The quantitative estimate of drug-likeness (QED) is 0.723. The summed E-state index contributed by atoms with van der Waals surface area (Å²) in [6, 6.07) is 8.02. The second-order valence-corrected chi connectivity index (χ2v) is 3.87. The van der Waals surface area contributed by atoms with Crippen molar-refractivity contribution in [3.63, 3.8) is 0 Å². The van der Waals surface area contributed by atoms with E-state index in [1.807, 2.05) is 18.2 Å². The van der Waals surface area contributed by atoms with Gasteiger partial charge in [-0.15, -0.1) is 0 Å². The van der Waals surface area contributed by atoms with Crippen molar-refractivity contribution in [2.45, 2.75) is 32.3 Å². The summed E-state index contributed by atoms with van der Waals surface area (Å²) in [6.07, 6.45) is 3.53. The highest BCUT2D eigenvalue weighted by molar-refractivity contribution is 6.30. The molecule has 1 unspecified atom stereocenters. The summed E-state index contributed by atoms with van der Waals surface area (Å²) in [5.74, 6) is 0. The third-order valence-corrected chi connectivity index (χ3v) is 2.67. The largest absolute Gasteiger partial charge is 0.381 e. The van der Waals surface area contributed by atoms with Crippen molar-refractivity contribution in [3.05, 3.63) is 34.9 Å². The molecule has 78 valence electrons. The van der Waals surface area contributed by atoms with Crippen LogP contribution in [0.3, 0.4) is 0 Å². The predicted octanol–water partition coefficient (Wildman–Crippen LogP) is 3.70. The molecule has 1 aromatic carbocycles. The minimum Gasteiger partial charge on any atom is -0.381 e. The lowest BCUT2D eigenvalue weighted by molar-refractivity contribution is 0.0924. The molecule has 0 fully saturated rings. The molecule has 2 heteroatoms. The maximum atomic E-state index is 5.90. The van der Waals surface area contributed by atoms with E-state index in [1.54, 1.807) is 7.11 Å². The van der Waals surface area contributed by atoms with Crippen molar-refractivity contribution in [1.29, 1.82) is 0 Å². The van der Waals surface area contributed by atoms with E-state index in [0.29, 0.717) is 6.10 Å². The van der Waals surface area contributed by atoms with E-state index in [-0.39, 0.29) is 0 Å². The zero-order chi connectivity index (χ0) is 10.4. The fourth-order valence-electron chi connectivity index (χ4n) is 1.51. The maximum absolute atomic E-state index is 5.90. The van der Waals surface area contributed by atoms with Crippen molar-refractivity contribution in [2.24, 2.45) is 0 Å². The molecule has 0 spiro atoms. The Kier molecular flexibility index (Phi) is 4.99. The molecule has 0 aromatic heterocycles. The molecule has 14 heavy (non-hydrogen) atoms. The lowest BCUT2D eigenvalue weighted by Crippen LogP contribution is -2.09. The van der Waals surface area contributed by atoms with Gasteiger partial charge in [0.05, 0.1) is 6.10 Å². The SMILES string of the molecule is CCC(CCc1cccc(Cl)c1)OC. The van der Waals surface area contributed by atoms with Gasteiger partial charge in [0.25, 0.3) is 0 Å². The molecule has 0 amide bonds. The van der Waals surface area contributed by atoms with Gasteiger partial charge in [-0.2, -0.15) is 0 Å². The summed E-state index contributed by atoms with van der Waals surface area (Å²) >= 11 is 5.90. The van der Waals surface area contributed by atoms with Gasteiger partial charge in [0, 0.05) is 12.1 Å². The molecule has 1 nitrogen and oxygen atoms in total. The van der Waals surface area contributed by atoms with E-state index in [2.05, 4.69) is 13.0 Å². The lowest BCUT2D eigenvalue weighted by Gasteiger charge is -2.12. The van der Waals surface area contributed by atoms with Crippen molar-refractivity contribution in [1.82, 2.24) is 0 Å². The highest BCUT2D eigenvalue weighted by Crippen LogP contribution is 2.14. The molecule has 0 aliphatic heterocycles. The smallest absolute Gasteiger partial charge is 0.0571 e. The van der Waals surface area contributed by atoms with E-state index in [4.69, 9.17) is 16.3 Å². The van der Waals surface area contributed by atoms with Gasteiger partial charge < -0.3 is 4.74 Å². The molecular weight excluding hydrogens is 196 g/mol. The third-order valence-electron chi connectivity index (χ3n) is 2.43. The molecule has 1 atom stereocenters. The number of benzene rings is 1. The highest BCUT2D eigenvalue weighted by Gasteiger charge is 2.04. The molecular formula is C12H17ClO. The van der Waals surface area contributed by atoms with E-state index < -0.39 is 0 Å². The number of ether oxygens (including phenoxy) is 1. The first-order valence-electron chi connectivity index (χ1n) is 5.03. The number of hydrogen-bond acceptors (Lipinski definition) is 1. The van der Waals surface area contributed by atoms with E-state index >= 15 is 0 Å². The molecule has 0 aliphatic carbocycles. The highest BCUT2D eigenvalue weighted by atomic mass is 35.5. The normalized spacial score (nSPS) is 12.8. The van der Waals surface area contributed by atoms with Crippen molar-refractivity contribution in [3.8, 4) is 0 Å². The molecule has 0 heterocycles. The summed E-state index contributed by atoms with van der Waals surface area (Å²) in [4.78, 5) is 0. The summed E-state index contributed by atoms with van der Waals surface area (Å²) in [5, 5.41) is 0.813. The van der Waals surface area contributed by atoms with Crippen LogP contribution in [0.25, 0.3) is 0 Å². The maximum Gasteiger partial charge on any atom is 0.0571 e. The zero-order valence-electron chi connectivity index (χ0n) is 8.79. The minimum atomic E-state index is 0.369. The van der Waals surface area contributed by atoms with Crippen molar-refractivity contribution in [2.75, 3.05) is 7.11 Å². The average molecular weight is 213 g/mol. The summed E-state index contributed by atoms with van der Waals surface area (Å²) in [5.41, 5.74) is 1.29. The van der Waals surface area contributed by atoms with Crippen molar-refractivity contribution < 1.29 is 4.74 Å². The van der Waals surface area contributed by atoms with Gasteiger partial charge in [0.1, 0.15) is 0 Å². The third kappa shape index (κ3) is 3.69. The Morgan fingerprint density at radius 2 is 2.21 bits per heavy atom. The van der Waals surface area contributed by atoms with Crippen LogP contribution in [0.1, 0.15) is 25.3 Å². The zero-order valence-corrected chi connectivity index (χ0v) is 9.55. The van der Waals surface area contributed by atoms with Gasteiger partial charge in [-0.3, -0.25) is 0 Å². The Morgan fingerprint density at radius 3 is 2.79 bits per heavy atom. The number of methoxy groups -OCH3 is 1. The molecule has 0 saturated carbocycles. The number of halogens is 1. The fraction of sp³-hybridized carbons (Fsp3) is 0.500. The first kappa shape index (κ1) is 11.5. The van der Waals surface area contributed by atoms with Crippen molar-refractivity contribution >= 4 is 11.6 Å². The molecule has 0 aliphatic rings. The Morgan fingerprint density at radius 1 is 1.43 bits per heavy atom. The number of hydrogen-bond donors (Lipinski definition) is 0. The van der Waals surface area contributed by atoms with Crippen LogP contribution in [-0.2, 0) is 11.2 Å². The van der Waals surface area contributed by atoms with Gasteiger partial charge in [-0.1, -0.05) is 30.7 Å². The molecule has 1 rings (SSSR count). The second kappa shape index (κ2) is 6.05. The first-order valence-corrected chi connectivity index (χ1v) is 5.41. The van der Waals surface area contributed by atoms with Gasteiger partial charge in [0.15, 0.2) is 0 Å². The van der Waals surface area contributed by atoms with Gasteiger partial charge >= 0.3 is 0 Å². The Bertz CT molecular complexity index is 269. The Labute approximate surface area is 91.0 Å². The summed E-state index contributed by atoms with van der Waals surface area (Å²) < 4.78 is 5.32. The van der Waals surface area contributed by atoms with Gasteiger partial charge in [-0.25, -0.2) is 0 Å². The topological polar surface area (TPSA) is 9.23 Å². The molecule has 0 radical (unpaired) electrons. The van der Waals surface area contributed by atoms with Crippen LogP contribution in [-0.4, -0.2) is 13.2 Å². The van der Waals surface area contributed by atoms with E-state index in [1.165, 1.54) is 5.56 Å². The molecule has 1 aromatic rings. The Balaban J connectivity index is 2.44. The van der Waals surface area contributed by atoms with Crippen LogP contribution >= 0.6 is 11.6 Å². The van der Waals surface area contributed by atoms with Gasteiger partial charge in [-0.05, 0) is 37.0 Å². The average Bonchev–Trinajstić information content (AvgIpc) is 2.19. The monoisotopic (exact) mass is 212 g/mol. The number of aryl methyl sites for hydroxylation is 1. The summed E-state index contributed by atoms with van der Waals surface area (Å²) in [7, 11) is 1.77. The van der Waals surface area contributed by atoms with Crippen LogP contribution in [0.4, 0.5) is 0 Å². The fourth-order valence-corrected chi connectivity index (χ4v) is 1.72. The second-order valence-electron chi connectivity index (χ2n) is 3.43. The molecule has 0 N–H and O–H groups in total. The van der Waals surface area contributed by atoms with Crippen LogP contribution in [0.5, 0.6) is 0 Å². The summed E-state index contributed by atoms with van der Waals surface area (Å²) in [6.45, 7) is 2.14.